The Labute approximate surface area is 150 Å². The normalized spacial score (nSPS) is 12.3. The first-order valence-corrected chi connectivity index (χ1v) is 9.70. The second kappa shape index (κ2) is 18.7. The molecule has 24 heavy (non-hydrogen) atoms. The van der Waals surface area contributed by atoms with E-state index in [1.54, 1.807) is 0 Å². The lowest BCUT2D eigenvalue weighted by atomic mass is 10.0. The van der Waals surface area contributed by atoms with Crippen LogP contribution in [0.3, 0.4) is 0 Å². The molecule has 0 saturated heterocycles. The molecular formula is C19H41NO4. The van der Waals surface area contributed by atoms with E-state index in [1.165, 1.54) is 12.8 Å². The number of unbranched alkanes of at least 4 members (excludes halogenated alkanes) is 2. The number of carbonyl (C=O) groups is 1. The zero-order chi connectivity index (χ0) is 17.9. The lowest BCUT2D eigenvalue weighted by Gasteiger charge is -2.09. The molecular weight excluding hydrogens is 306 g/mol. The highest BCUT2D eigenvalue weighted by Crippen LogP contribution is 2.08. The van der Waals surface area contributed by atoms with Crippen molar-refractivity contribution in [3.63, 3.8) is 0 Å². The van der Waals surface area contributed by atoms with Gasteiger partial charge in [-0.25, -0.2) is 0 Å². The van der Waals surface area contributed by atoms with Gasteiger partial charge in [0.05, 0.1) is 26.4 Å². The van der Waals surface area contributed by atoms with Crippen molar-refractivity contribution < 1.29 is 20.4 Å². The molecule has 146 valence electrons. The van der Waals surface area contributed by atoms with Crippen LogP contribution < -0.4 is 5.32 Å². The minimum atomic E-state index is 0. The Morgan fingerprint density at radius 3 is 2.08 bits per heavy atom. The summed E-state index contributed by atoms with van der Waals surface area (Å²) in [6.07, 6.45) is 7.16. The Morgan fingerprint density at radius 1 is 0.917 bits per heavy atom. The molecule has 1 N–H and O–H groups in total. The quantitative estimate of drug-likeness (QED) is 0.383. The van der Waals surface area contributed by atoms with Crippen LogP contribution in [0, 0.1) is 5.92 Å². The summed E-state index contributed by atoms with van der Waals surface area (Å²) in [6, 6.07) is 0. The predicted octanol–water partition coefficient (Wildman–Crippen LogP) is 3.81. The van der Waals surface area contributed by atoms with Crippen molar-refractivity contribution in [2.75, 3.05) is 46.2 Å². The van der Waals surface area contributed by atoms with E-state index in [1.807, 2.05) is 0 Å². The van der Waals surface area contributed by atoms with E-state index < -0.39 is 0 Å². The third-order valence-corrected chi connectivity index (χ3v) is 3.98. The van der Waals surface area contributed by atoms with Crippen LogP contribution in [-0.2, 0) is 19.0 Å². The van der Waals surface area contributed by atoms with Gasteiger partial charge in [-0.3, -0.25) is 4.79 Å². The van der Waals surface area contributed by atoms with Gasteiger partial charge in [0.2, 0.25) is 5.91 Å². The monoisotopic (exact) mass is 347 g/mol. The van der Waals surface area contributed by atoms with Crippen molar-refractivity contribution in [3.05, 3.63) is 0 Å². The molecule has 5 heteroatoms. The van der Waals surface area contributed by atoms with Gasteiger partial charge in [0.1, 0.15) is 0 Å². The van der Waals surface area contributed by atoms with Gasteiger partial charge in [0, 0.05) is 27.6 Å². The van der Waals surface area contributed by atoms with Gasteiger partial charge in [-0.1, -0.05) is 40.0 Å². The molecule has 0 aromatic rings. The lowest BCUT2D eigenvalue weighted by molar-refractivity contribution is -0.121. The number of hydrogen-bond donors (Lipinski definition) is 1. The van der Waals surface area contributed by atoms with E-state index >= 15 is 0 Å². The molecule has 0 rings (SSSR count). The molecule has 0 aromatic heterocycles. The fourth-order valence-corrected chi connectivity index (χ4v) is 2.07. The van der Waals surface area contributed by atoms with E-state index in [9.17, 15) is 4.79 Å². The highest BCUT2D eigenvalue weighted by Gasteiger charge is 2.04. The summed E-state index contributed by atoms with van der Waals surface area (Å²) in [5, 5.41) is 2.94. The van der Waals surface area contributed by atoms with Crippen molar-refractivity contribution >= 4 is 5.91 Å². The van der Waals surface area contributed by atoms with Crippen molar-refractivity contribution in [1.82, 2.24) is 5.32 Å². The van der Waals surface area contributed by atoms with Crippen LogP contribution in [0.5, 0.6) is 0 Å². The largest absolute Gasteiger partial charge is 0.379 e. The van der Waals surface area contributed by atoms with Gasteiger partial charge in [-0.05, 0) is 25.2 Å². The first kappa shape index (κ1) is 23.4. The number of nitrogens with one attached hydrogen (secondary N) is 1. The summed E-state index contributed by atoms with van der Waals surface area (Å²) < 4.78 is 16.4. The second-order valence-electron chi connectivity index (χ2n) is 6.30. The smallest absolute Gasteiger partial charge is 0.220 e. The summed E-state index contributed by atoms with van der Waals surface area (Å²) in [4.78, 5) is 11.6. The van der Waals surface area contributed by atoms with Crippen molar-refractivity contribution in [2.24, 2.45) is 5.92 Å². The van der Waals surface area contributed by atoms with E-state index in [0.29, 0.717) is 51.9 Å². The van der Waals surface area contributed by atoms with Gasteiger partial charge in [0.25, 0.3) is 0 Å². The molecule has 0 radical (unpaired) electrons. The summed E-state index contributed by atoms with van der Waals surface area (Å²) in [5.41, 5.74) is 0. The SMILES string of the molecule is CCCCCOCCOCCOCCCNC(=O)CCC(C)CC.[HH]. The molecule has 0 bridgehead atoms. The average molecular weight is 348 g/mol. The minimum Gasteiger partial charge on any atom is -0.379 e. The molecule has 0 aliphatic carbocycles. The summed E-state index contributed by atoms with van der Waals surface area (Å²) in [5.74, 6) is 0.776. The fraction of sp³-hybridized carbons (Fsp3) is 0.947. The Balaban J connectivity index is 0. The van der Waals surface area contributed by atoms with Crippen molar-refractivity contribution in [3.8, 4) is 0 Å². The van der Waals surface area contributed by atoms with Crippen LogP contribution in [-0.4, -0.2) is 52.1 Å². The Bertz CT molecular complexity index is 280. The standard InChI is InChI=1S/C19H39NO4.H2/c1-4-6-7-12-22-14-16-24-17-15-23-13-8-11-20-19(21)10-9-18(3)5-2;/h18H,4-17H2,1-3H3,(H,20,21);1H. The van der Waals surface area contributed by atoms with Crippen molar-refractivity contribution in [2.45, 2.75) is 65.7 Å². The highest BCUT2D eigenvalue weighted by molar-refractivity contribution is 5.75. The topological polar surface area (TPSA) is 56.8 Å². The van der Waals surface area contributed by atoms with E-state index in [-0.39, 0.29) is 7.33 Å². The first-order valence-electron chi connectivity index (χ1n) is 9.70. The highest BCUT2D eigenvalue weighted by atomic mass is 16.5. The van der Waals surface area contributed by atoms with Crippen LogP contribution in [0.15, 0.2) is 0 Å². The van der Waals surface area contributed by atoms with Gasteiger partial charge in [0.15, 0.2) is 0 Å². The molecule has 1 amide bonds. The van der Waals surface area contributed by atoms with Crippen LogP contribution in [0.4, 0.5) is 0 Å². The lowest BCUT2D eigenvalue weighted by Crippen LogP contribution is -2.25. The van der Waals surface area contributed by atoms with Crippen LogP contribution in [0.25, 0.3) is 0 Å². The first-order chi connectivity index (χ1) is 11.7. The second-order valence-corrected chi connectivity index (χ2v) is 6.30. The zero-order valence-corrected chi connectivity index (χ0v) is 16.1. The number of rotatable bonds is 18. The number of amides is 1. The number of hydrogen-bond acceptors (Lipinski definition) is 4. The molecule has 0 saturated carbocycles. The van der Waals surface area contributed by atoms with Crippen molar-refractivity contribution in [1.29, 1.82) is 0 Å². The molecule has 1 unspecified atom stereocenters. The van der Waals surface area contributed by atoms with Gasteiger partial charge < -0.3 is 19.5 Å². The molecule has 0 spiro atoms. The van der Waals surface area contributed by atoms with E-state index in [4.69, 9.17) is 14.2 Å². The number of carbonyl (C=O) groups excluding carboxylic acids is 1. The van der Waals surface area contributed by atoms with E-state index in [0.717, 1.165) is 32.3 Å². The number of ether oxygens (including phenoxy) is 3. The third kappa shape index (κ3) is 17.7. The Hall–Kier alpha value is -0.650. The molecule has 0 fully saturated rings. The maximum absolute atomic E-state index is 11.6. The molecule has 0 aromatic carbocycles. The molecule has 1 atom stereocenters. The van der Waals surface area contributed by atoms with Gasteiger partial charge in [-0.2, -0.15) is 0 Å². The minimum absolute atomic E-state index is 0. The summed E-state index contributed by atoms with van der Waals surface area (Å²) in [7, 11) is 0. The molecule has 0 heterocycles. The van der Waals surface area contributed by atoms with Gasteiger partial charge >= 0.3 is 0 Å². The fourth-order valence-electron chi connectivity index (χ4n) is 2.07. The maximum Gasteiger partial charge on any atom is 0.220 e. The Kier molecular flexibility index (Phi) is 18.2. The zero-order valence-electron chi connectivity index (χ0n) is 16.1. The molecule has 0 aliphatic heterocycles. The summed E-state index contributed by atoms with van der Waals surface area (Å²) in [6.45, 7) is 11.2. The third-order valence-electron chi connectivity index (χ3n) is 3.98. The van der Waals surface area contributed by atoms with Crippen LogP contribution in [0.1, 0.15) is 67.1 Å². The maximum atomic E-state index is 11.6. The van der Waals surface area contributed by atoms with Gasteiger partial charge in [-0.15, -0.1) is 0 Å². The average Bonchev–Trinajstić information content (AvgIpc) is 2.59. The summed E-state index contributed by atoms with van der Waals surface area (Å²) >= 11 is 0. The van der Waals surface area contributed by atoms with Crippen LogP contribution in [0.2, 0.25) is 0 Å². The Morgan fingerprint density at radius 2 is 1.50 bits per heavy atom. The van der Waals surface area contributed by atoms with Crippen LogP contribution >= 0.6 is 0 Å². The van der Waals surface area contributed by atoms with E-state index in [2.05, 4.69) is 26.1 Å². The predicted molar refractivity (Wildman–Crippen MR) is 100 cm³/mol. The molecule has 5 nitrogen and oxygen atoms in total. The molecule has 0 aliphatic rings.